The Morgan fingerprint density at radius 3 is 3.07 bits per heavy atom. The number of carbonyl (C=O) groups is 1. The number of carbonyl (C=O) groups excluding carboxylic acids is 1. The Balaban J connectivity index is 2.11. The Morgan fingerprint density at radius 2 is 2.36 bits per heavy atom. The number of aliphatic hydroxyl groups excluding tert-OH is 1. The fourth-order valence-corrected chi connectivity index (χ4v) is 1.88. The zero-order chi connectivity index (χ0) is 10.1. The Kier molecular flexibility index (Phi) is 2.39. The first-order valence-electron chi connectivity index (χ1n) is 4.55. The Labute approximate surface area is 81.8 Å². The number of ether oxygens (including phenoxy) is 2. The van der Waals surface area contributed by atoms with E-state index in [4.69, 9.17) is 9.47 Å². The van der Waals surface area contributed by atoms with E-state index in [1.807, 2.05) is 0 Å². The number of aliphatic hydroxyl groups is 1. The molecule has 0 aromatic heterocycles. The van der Waals surface area contributed by atoms with Crippen LogP contribution in [0.4, 0.5) is 0 Å². The summed E-state index contributed by atoms with van der Waals surface area (Å²) in [6.45, 7) is 3.53. The predicted octanol–water partition coefficient (Wildman–Crippen LogP) is 0.377. The van der Waals surface area contributed by atoms with Gasteiger partial charge < -0.3 is 14.6 Å². The molecule has 0 aromatic carbocycles. The molecule has 0 spiro atoms. The molecule has 0 saturated carbocycles. The lowest BCUT2D eigenvalue weighted by molar-refractivity contribution is -0.159. The van der Waals surface area contributed by atoms with Gasteiger partial charge >= 0.3 is 5.97 Å². The molecule has 0 aromatic rings. The van der Waals surface area contributed by atoms with E-state index in [0.717, 1.165) is 0 Å². The van der Waals surface area contributed by atoms with Crippen LogP contribution >= 0.6 is 0 Å². The fraction of sp³-hybridized carbons (Fsp3) is 0.500. The minimum absolute atomic E-state index is 0.0614. The first kappa shape index (κ1) is 9.43. The molecule has 2 saturated heterocycles. The van der Waals surface area contributed by atoms with E-state index in [1.54, 1.807) is 18.2 Å². The number of hydrogen-bond donors (Lipinski definition) is 1. The van der Waals surface area contributed by atoms with Crippen LogP contribution in [0.5, 0.6) is 0 Å². The van der Waals surface area contributed by atoms with Gasteiger partial charge in [-0.3, -0.25) is 0 Å². The third-order valence-corrected chi connectivity index (χ3v) is 2.51. The van der Waals surface area contributed by atoms with Crippen molar-refractivity contribution < 1.29 is 19.4 Å². The molecule has 0 bridgehead atoms. The molecule has 4 heteroatoms. The van der Waals surface area contributed by atoms with Crippen molar-refractivity contribution in [1.82, 2.24) is 0 Å². The third-order valence-electron chi connectivity index (χ3n) is 2.51. The van der Waals surface area contributed by atoms with Crippen LogP contribution in [0.25, 0.3) is 0 Å². The monoisotopic (exact) mass is 196 g/mol. The van der Waals surface area contributed by atoms with Gasteiger partial charge in [-0.25, -0.2) is 4.79 Å². The van der Waals surface area contributed by atoms with E-state index in [9.17, 15) is 9.90 Å². The molecular weight excluding hydrogens is 184 g/mol. The number of cyclic esters (lactones) is 1. The minimum Gasteiger partial charge on any atom is -0.456 e. The van der Waals surface area contributed by atoms with Gasteiger partial charge in [-0.05, 0) is 6.08 Å². The highest BCUT2D eigenvalue weighted by atomic mass is 16.7. The standard InChI is InChI=1S/C10H12O4/c1-2-3-4-7-6-5-8(11)14-9(6)10(12)13-7/h2-4,6-9,11H,1,5H2/b4-3+. The molecule has 4 unspecified atom stereocenters. The van der Waals surface area contributed by atoms with Crippen molar-refractivity contribution in [3.05, 3.63) is 24.8 Å². The van der Waals surface area contributed by atoms with Crippen LogP contribution < -0.4 is 0 Å². The van der Waals surface area contributed by atoms with E-state index < -0.39 is 12.4 Å². The highest BCUT2D eigenvalue weighted by Gasteiger charge is 2.50. The van der Waals surface area contributed by atoms with Gasteiger partial charge in [-0.2, -0.15) is 0 Å². The van der Waals surface area contributed by atoms with Crippen molar-refractivity contribution in [2.75, 3.05) is 0 Å². The summed E-state index contributed by atoms with van der Waals surface area (Å²) in [5.74, 6) is -0.445. The maximum absolute atomic E-state index is 11.3. The molecule has 0 amide bonds. The smallest absolute Gasteiger partial charge is 0.336 e. The van der Waals surface area contributed by atoms with Crippen molar-refractivity contribution in [1.29, 1.82) is 0 Å². The molecule has 4 atom stereocenters. The summed E-state index contributed by atoms with van der Waals surface area (Å²) in [5.41, 5.74) is 0. The van der Waals surface area contributed by atoms with Crippen LogP contribution in [0.2, 0.25) is 0 Å². The second kappa shape index (κ2) is 3.55. The van der Waals surface area contributed by atoms with Crippen LogP contribution in [0.15, 0.2) is 24.8 Å². The molecule has 2 heterocycles. The summed E-state index contributed by atoms with van der Waals surface area (Å²) in [6, 6.07) is 0. The van der Waals surface area contributed by atoms with E-state index in [1.165, 1.54) is 0 Å². The zero-order valence-corrected chi connectivity index (χ0v) is 7.63. The molecule has 0 radical (unpaired) electrons. The van der Waals surface area contributed by atoms with Gasteiger partial charge in [0.25, 0.3) is 0 Å². The van der Waals surface area contributed by atoms with Gasteiger partial charge in [0.15, 0.2) is 12.4 Å². The normalized spacial score (nSPS) is 41.4. The molecule has 2 fully saturated rings. The molecule has 2 aliphatic rings. The summed E-state index contributed by atoms with van der Waals surface area (Å²) < 4.78 is 10.1. The number of fused-ring (bicyclic) bond motifs is 1. The molecule has 0 aliphatic carbocycles. The molecule has 76 valence electrons. The Bertz CT molecular complexity index is 284. The molecule has 1 N–H and O–H groups in total. The van der Waals surface area contributed by atoms with Crippen molar-refractivity contribution in [3.8, 4) is 0 Å². The van der Waals surface area contributed by atoms with E-state index in [-0.39, 0.29) is 18.0 Å². The van der Waals surface area contributed by atoms with Crippen molar-refractivity contribution in [2.24, 2.45) is 5.92 Å². The number of hydrogen-bond acceptors (Lipinski definition) is 4. The minimum atomic E-state index is -0.836. The lowest BCUT2D eigenvalue weighted by atomic mass is 9.97. The van der Waals surface area contributed by atoms with Crippen LogP contribution in [0.3, 0.4) is 0 Å². The number of rotatable bonds is 2. The summed E-state index contributed by atoms with van der Waals surface area (Å²) >= 11 is 0. The lowest BCUT2D eigenvalue weighted by Gasteiger charge is -2.09. The maximum Gasteiger partial charge on any atom is 0.336 e. The Hall–Kier alpha value is -1.13. The Morgan fingerprint density at radius 1 is 1.57 bits per heavy atom. The van der Waals surface area contributed by atoms with Gasteiger partial charge in [0, 0.05) is 12.3 Å². The highest BCUT2D eigenvalue weighted by Crippen LogP contribution is 2.36. The molecule has 2 aliphatic heterocycles. The van der Waals surface area contributed by atoms with E-state index >= 15 is 0 Å². The second-order valence-electron chi connectivity index (χ2n) is 3.43. The van der Waals surface area contributed by atoms with Crippen LogP contribution in [0, 0.1) is 5.92 Å². The zero-order valence-electron chi connectivity index (χ0n) is 7.63. The maximum atomic E-state index is 11.3. The van der Waals surface area contributed by atoms with Crippen molar-refractivity contribution in [3.63, 3.8) is 0 Å². The summed E-state index contributed by atoms with van der Waals surface area (Å²) in [4.78, 5) is 11.3. The van der Waals surface area contributed by atoms with E-state index in [0.29, 0.717) is 6.42 Å². The molecule has 2 rings (SSSR count). The van der Waals surface area contributed by atoms with Gasteiger partial charge in [-0.1, -0.05) is 18.7 Å². The summed E-state index contributed by atoms with van der Waals surface area (Å²) in [7, 11) is 0. The predicted molar refractivity (Wildman–Crippen MR) is 48.2 cm³/mol. The topological polar surface area (TPSA) is 55.8 Å². The lowest BCUT2D eigenvalue weighted by Crippen LogP contribution is -2.20. The van der Waals surface area contributed by atoms with Crippen molar-refractivity contribution in [2.45, 2.75) is 24.9 Å². The number of allylic oxidation sites excluding steroid dienone is 2. The van der Waals surface area contributed by atoms with Crippen molar-refractivity contribution >= 4 is 5.97 Å². The average Bonchev–Trinajstić information content (AvgIpc) is 2.64. The van der Waals surface area contributed by atoms with Gasteiger partial charge in [0.05, 0.1) is 0 Å². The largest absolute Gasteiger partial charge is 0.456 e. The molecule has 4 nitrogen and oxygen atoms in total. The quantitative estimate of drug-likeness (QED) is 0.512. The molecular formula is C10H12O4. The van der Waals surface area contributed by atoms with Crippen LogP contribution in [-0.4, -0.2) is 29.6 Å². The average molecular weight is 196 g/mol. The third kappa shape index (κ3) is 1.47. The fourth-order valence-electron chi connectivity index (χ4n) is 1.88. The summed E-state index contributed by atoms with van der Waals surface area (Å²) in [6.07, 6.45) is 3.84. The second-order valence-corrected chi connectivity index (χ2v) is 3.43. The van der Waals surface area contributed by atoms with E-state index in [2.05, 4.69) is 6.58 Å². The van der Waals surface area contributed by atoms with Gasteiger partial charge in [0.2, 0.25) is 0 Å². The number of esters is 1. The van der Waals surface area contributed by atoms with Gasteiger partial charge in [0.1, 0.15) is 6.10 Å². The highest BCUT2D eigenvalue weighted by molar-refractivity contribution is 5.78. The van der Waals surface area contributed by atoms with Crippen LogP contribution in [-0.2, 0) is 14.3 Å². The van der Waals surface area contributed by atoms with Crippen LogP contribution in [0.1, 0.15) is 6.42 Å². The SMILES string of the molecule is C=C/C=C/C1OC(=O)C2OC(O)CC12. The van der Waals surface area contributed by atoms with Gasteiger partial charge in [-0.15, -0.1) is 0 Å². The first-order valence-corrected chi connectivity index (χ1v) is 4.55. The molecule has 14 heavy (non-hydrogen) atoms. The summed E-state index contributed by atoms with van der Waals surface area (Å²) in [5, 5.41) is 9.22. The first-order chi connectivity index (χ1) is 6.72.